The first kappa shape index (κ1) is 17.4. The minimum absolute atomic E-state index is 0.0100. The van der Waals surface area contributed by atoms with Gasteiger partial charge in [0.25, 0.3) is 5.91 Å². The molecule has 0 atom stereocenters. The number of carbonyl (C=O) groups is 1. The van der Waals surface area contributed by atoms with Crippen molar-refractivity contribution in [2.24, 2.45) is 0 Å². The first-order valence-corrected chi connectivity index (χ1v) is 9.05. The van der Waals surface area contributed by atoms with Gasteiger partial charge in [-0.15, -0.1) is 0 Å². The normalized spacial score (nSPS) is 14.9. The van der Waals surface area contributed by atoms with E-state index < -0.39 is 0 Å². The number of hydrogen-bond donors (Lipinski definition) is 0. The molecule has 1 fully saturated rings. The molecule has 3 aromatic rings. The highest BCUT2D eigenvalue weighted by molar-refractivity contribution is 5.94. The largest absolute Gasteiger partial charge is 0.337 e. The first-order valence-electron chi connectivity index (χ1n) is 9.05. The molecule has 0 aromatic carbocycles. The van der Waals surface area contributed by atoms with Crippen molar-refractivity contribution in [2.45, 2.75) is 6.54 Å². The Hall–Kier alpha value is -3.00. The van der Waals surface area contributed by atoms with Crippen LogP contribution in [-0.4, -0.2) is 75.3 Å². The summed E-state index contributed by atoms with van der Waals surface area (Å²) < 4.78 is 2.00. The third-order valence-corrected chi connectivity index (χ3v) is 4.70. The number of anilines is 1. The van der Waals surface area contributed by atoms with Crippen molar-refractivity contribution in [3.8, 4) is 0 Å². The van der Waals surface area contributed by atoms with E-state index in [4.69, 9.17) is 0 Å². The fourth-order valence-electron chi connectivity index (χ4n) is 3.38. The van der Waals surface area contributed by atoms with Crippen LogP contribution in [0.15, 0.2) is 42.9 Å². The predicted molar refractivity (Wildman–Crippen MR) is 103 cm³/mol. The van der Waals surface area contributed by atoms with E-state index >= 15 is 0 Å². The number of amides is 1. The van der Waals surface area contributed by atoms with E-state index in [2.05, 4.69) is 24.8 Å². The standard InChI is InChI=1S/C19H23N7O/c1-23(2)14-15-17(22-16-6-3-4-9-26(15)16)18(27)24-10-12-25(13-11-24)19-20-7-5-8-21-19/h3-9H,10-14H2,1-2H3. The van der Waals surface area contributed by atoms with Gasteiger partial charge >= 0.3 is 0 Å². The lowest BCUT2D eigenvalue weighted by Crippen LogP contribution is -2.49. The summed E-state index contributed by atoms with van der Waals surface area (Å²) in [7, 11) is 3.99. The van der Waals surface area contributed by atoms with Crippen molar-refractivity contribution in [1.29, 1.82) is 0 Å². The van der Waals surface area contributed by atoms with Gasteiger partial charge in [-0.2, -0.15) is 0 Å². The summed E-state index contributed by atoms with van der Waals surface area (Å²) in [5.41, 5.74) is 2.27. The van der Waals surface area contributed by atoms with E-state index in [0.717, 1.165) is 11.3 Å². The molecule has 0 saturated carbocycles. The number of imidazole rings is 1. The molecule has 8 heteroatoms. The molecule has 27 heavy (non-hydrogen) atoms. The first-order chi connectivity index (χ1) is 13.1. The van der Waals surface area contributed by atoms with Crippen LogP contribution in [0.2, 0.25) is 0 Å². The number of aromatic nitrogens is 4. The Balaban J connectivity index is 1.55. The zero-order valence-corrected chi connectivity index (χ0v) is 15.6. The summed E-state index contributed by atoms with van der Waals surface area (Å²) in [6.07, 6.45) is 5.44. The summed E-state index contributed by atoms with van der Waals surface area (Å²) in [5.74, 6) is 0.704. The molecule has 8 nitrogen and oxygen atoms in total. The second-order valence-electron chi connectivity index (χ2n) is 6.90. The Morgan fingerprint density at radius 2 is 1.81 bits per heavy atom. The van der Waals surface area contributed by atoms with Crippen molar-refractivity contribution < 1.29 is 4.79 Å². The van der Waals surface area contributed by atoms with Crippen molar-refractivity contribution >= 4 is 17.5 Å². The molecule has 1 amide bonds. The lowest BCUT2D eigenvalue weighted by atomic mass is 10.2. The second kappa shape index (κ2) is 7.32. The average Bonchev–Trinajstić information content (AvgIpc) is 3.06. The van der Waals surface area contributed by atoms with Gasteiger partial charge < -0.3 is 19.1 Å². The third kappa shape index (κ3) is 3.48. The maximum atomic E-state index is 13.2. The third-order valence-electron chi connectivity index (χ3n) is 4.70. The van der Waals surface area contributed by atoms with E-state index in [9.17, 15) is 4.79 Å². The summed E-state index contributed by atoms with van der Waals surface area (Å²) in [6, 6.07) is 7.63. The van der Waals surface area contributed by atoms with Gasteiger partial charge in [0.15, 0.2) is 5.69 Å². The molecule has 4 heterocycles. The fourth-order valence-corrected chi connectivity index (χ4v) is 3.38. The van der Waals surface area contributed by atoms with Crippen LogP contribution in [0.1, 0.15) is 16.2 Å². The lowest BCUT2D eigenvalue weighted by molar-refractivity contribution is 0.0739. The van der Waals surface area contributed by atoms with Gasteiger partial charge in [0.2, 0.25) is 5.95 Å². The number of piperazine rings is 1. The Morgan fingerprint density at radius 1 is 1.07 bits per heavy atom. The number of fused-ring (bicyclic) bond motifs is 1. The molecule has 0 N–H and O–H groups in total. The van der Waals surface area contributed by atoms with Crippen LogP contribution in [-0.2, 0) is 6.54 Å². The van der Waals surface area contributed by atoms with Gasteiger partial charge in [0.1, 0.15) is 5.65 Å². The number of hydrogen-bond acceptors (Lipinski definition) is 6. The molecule has 0 spiro atoms. The van der Waals surface area contributed by atoms with Crippen LogP contribution in [0, 0.1) is 0 Å². The Labute approximate surface area is 158 Å². The van der Waals surface area contributed by atoms with E-state index in [0.29, 0.717) is 44.4 Å². The molecule has 3 aromatic heterocycles. The van der Waals surface area contributed by atoms with Gasteiger partial charge in [-0.1, -0.05) is 6.07 Å². The zero-order valence-electron chi connectivity index (χ0n) is 15.6. The summed E-state index contributed by atoms with van der Waals surface area (Å²) >= 11 is 0. The van der Waals surface area contributed by atoms with Gasteiger partial charge in [-0.3, -0.25) is 4.79 Å². The maximum Gasteiger partial charge on any atom is 0.274 e. The van der Waals surface area contributed by atoms with Crippen LogP contribution in [0.25, 0.3) is 5.65 Å². The number of carbonyl (C=O) groups excluding carboxylic acids is 1. The quantitative estimate of drug-likeness (QED) is 0.691. The van der Waals surface area contributed by atoms with Crippen molar-refractivity contribution in [2.75, 3.05) is 45.2 Å². The Kier molecular flexibility index (Phi) is 4.72. The zero-order chi connectivity index (χ0) is 18.8. The highest BCUT2D eigenvalue weighted by Gasteiger charge is 2.27. The highest BCUT2D eigenvalue weighted by atomic mass is 16.2. The van der Waals surface area contributed by atoms with E-state index in [-0.39, 0.29) is 5.91 Å². The SMILES string of the molecule is CN(C)Cc1c(C(=O)N2CCN(c3ncccn3)CC2)nc2ccccn12. The average molecular weight is 365 g/mol. The Morgan fingerprint density at radius 3 is 2.52 bits per heavy atom. The molecule has 0 aliphatic carbocycles. The van der Waals surface area contributed by atoms with Crippen LogP contribution < -0.4 is 4.90 Å². The van der Waals surface area contributed by atoms with E-state index in [1.807, 2.05) is 47.8 Å². The van der Waals surface area contributed by atoms with E-state index in [1.54, 1.807) is 18.5 Å². The second-order valence-corrected chi connectivity index (χ2v) is 6.90. The van der Waals surface area contributed by atoms with Crippen molar-refractivity contribution in [3.05, 3.63) is 54.2 Å². The maximum absolute atomic E-state index is 13.2. The molecule has 1 aliphatic rings. The highest BCUT2D eigenvalue weighted by Crippen LogP contribution is 2.18. The number of nitrogens with zero attached hydrogens (tertiary/aromatic N) is 7. The molecule has 1 saturated heterocycles. The molecule has 4 rings (SSSR count). The summed E-state index contributed by atoms with van der Waals surface area (Å²) in [6.45, 7) is 3.35. The topological polar surface area (TPSA) is 69.9 Å². The van der Waals surface area contributed by atoms with Gasteiger partial charge in [0.05, 0.1) is 5.69 Å². The minimum Gasteiger partial charge on any atom is -0.337 e. The van der Waals surface area contributed by atoms with Gasteiger partial charge in [-0.05, 0) is 32.3 Å². The molecule has 1 aliphatic heterocycles. The molecule has 0 radical (unpaired) electrons. The fraction of sp³-hybridized carbons (Fsp3) is 0.368. The van der Waals surface area contributed by atoms with Crippen LogP contribution in [0.5, 0.6) is 0 Å². The van der Waals surface area contributed by atoms with Crippen molar-refractivity contribution in [1.82, 2.24) is 29.2 Å². The summed E-state index contributed by atoms with van der Waals surface area (Å²) in [4.78, 5) is 32.4. The van der Waals surface area contributed by atoms with Crippen LogP contribution in [0.4, 0.5) is 5.95 Å². The van der Waals surface area contributed by atoms with Crippen LogP contribution >= 0.6 is 0 Å². The van der Waals surface area contributed by atoms with Crippen LogP contribution in [0.3, 0.4) is 0 Å². The molecule has 140 valence electrons. The predicted octanol–water partition coefficient (Wildman–Crippen LogP) is 1.15. The smallest absolute Gasteiger partial charge is 0.274 e. The molecular weight excluding hydrogens is 342 g/mol. The van der Waals surface area contributed by atoms with E-state index in [1.165, 1.54) is 0 Å². The van der Waals surface area contributed by atoms with Gasteiger partial charge in [0, 0.05) is 51.3 Å². The van der Waals surface area contributed by atoms with Crippen molar-refractivity contribution in [3.63, 3.8) is 0 Å². The lowest BCUT2D eigenvalue weighted by Gasteiger charge is -2.34. The number of pyridine rings is 1. The molecule has 0 unspecified atom stereocenters. The Bertz CT molecular complexity index is 930. The monoisotopic (exact) mass is 365 g/mol. The van der Waals surface area contributed by atoms with Gasteiger partial charge in [-0.25, -0.2) is 15.0 Å². The number of rotatable bonds is 4. The summed E-state index contributed by atoms with van der Waals surface area (Å²) in [5, 5.41) is 0. The molecule has 0 bridgehead atoms. The molecular formula is C19H23N7O. The minimum atomic E-state index is -0.0100.